The molecule has 0 unspecified atom stereocenters. The molecule has 1 aromatic heterocycles. The number of hydrogen-bond acceptors (Lipinski definition) is 2. The van der Waals surface area contributed by atoms with Crippen LogP contribution in [0.4, 0.5) is 15.8 Å². The van der Waals surface area contributed by atoms with Crippen LogP contribution in [0.25, 0.3) is 10.9 Å². The quantitative estimate of drug-likeness (QED) is 0.625. The third-order valence-electron chi connectivity index (χ3n) is 3.02. The topological polar surface area (TPSA) is 70.9 Å². The van der Waals surface area contributed by atoms with Crippen molar-refractivity contribution in [3.05, 3.63) is 60.0 Å². The number of H-pyrrole nitrogens is 1. The van der Waals surface area contributed by atoms with Crippen LogP contribution in [0.15, 0.2) is 48.5 Å². The summed E-state index contributed by atoms with van der Waals surface area (Å²) in [6.45, 7) is 0. The van der Waals surface area contributed by atoms with E-state index in [4.69, 9.17) is 5.73 Å². The van der Waals surface area contributed by atoms with Gasteiger partial charge in [-0.25, -0.2) is 4.39 Å². The van der Waals surface area contributed by atoms with Gasteiger partial charge in [-0.3, -0.25) is 4.79 Å². The van der Waals surface area contributed by atoms with Crippen molar-refractivity contribution in [3.8, 4) is 0 Å². The highest BCUT2D eigenvalue weighted by Crippen LogP contribution is 2.21. The van der Waals surface area contributed by atoms with Crippen molar-refractivity contribution in [2.24, 2.45) is 0 Å². The number of nitrogen functional groups attached to an aromatic ring is 1. The number of aromatic nitrogens is 1. The van der Waals surface area contributed by atoms with Crippen LogP contribution in [0, 0.1) is 5.82 Å². The van der Waals surface area contributed by atoms with Gasteiger partial charge in [0.2, 0.25) is 0 Å². The lowest BCUT2D eigenvalue weighted by molar-refractivity contribution is 0.102. The van der Waals surface area contributed by atoms with E-state index in [-0.39, 0.29) is 5.91 Å². The lowest BCUT2D eigenvalue weighted by atomic mass is 10.2. The molecular weight excluding hydrogens is 257 g/mol. The average molecular weight is 269 g/mol. The molecule has 0 aliphatic carbocycles. The maximum atomic E-state index is 13.1. The molecule has 0 aliphatic heterocycles. The van der Waals surface area contributed by atoms with Crippen molar-refractivity contribution < 1.29 is 9.18 Å². The summed E-state index contributed by atoms with van der Waals surface area (Å²) in [6, 6.07) is 12.9. The van der Waals surface area contributed by atoms with Crippen molar-refractivity contribution >= 4 is 28.2 Å². The van der Waals surface area contributed by atoms with Gasteiger partial charge in [-0.15, -0.1) is 0 Å². The standard InChI is InChI=1S/C15H12FN3O/c16-10-4-2-5-11(8-10)18-15(20)13-7-9-3-1-6-12(17)14(9)19-13/h1-8,19H,17H2,(H,18,20). The molecule has 0 fully saturated rings. The van der Waals surface area contributed by atoms with E-state index in [0.29, 0.717) is 17.1 Å². The zero-order chi connectivity index (χ0) is 14.1. The van der Waals surface area contributed by atoms with Gasteiger partial charge in [0.15, 0.2) is 0 Å². The van der Waals surface area contributed by atoms with Crippen molar-refractivity contribution in [1.29, 1.82) is 0 Å². The van der Waals surface area contributed by atoms with E-state index < -0.39 is 5.82 Å². The zero-order valence-electron chi connectivity index (χ0n) is 10.5. The normalized spacial score (nSPS) is 10.7. The fourth-order valence-electron chi connectivity index (χ4n) is 2.07. The van der Waals surface area contributed by atoms with Crippen molar-refractivity contribution in [3.63, 3.8) is 0 Å². The molecule has 0 spiro atoms. The van der Waals surface area contributed by atoms with Crippen LogP contribution in [0.1, 0.15) is 10.5 Å². The van der Waals surface area contributed by atoms with Gasteiger partial charge in [-0.05, 0) is 30.3 Å². The minimum Gasteiger partial charge on any atom is -0.397 e. The van der Waals surface area contributed by atoms with Gasteiger partial charge in [-0.2, -0.15) is 0 Å². The second-order valence-electron chi connectivity index (χ2n) is 4.46. The Morgan fingerprint density at radius 3 is 2.70 bits per heavy atom. The predicted molar refractivity (Wildman–Crippen MR) is 77.1 cm³/mol. The highest BCUT2D eigenvalue weighted by Gasteiger charge is 2.11. The van der Waals surface area contributed by atoms with Gasteiger partial charge in [0.25, 0.3) is 5.91 Å². The Morgan fingerprint density at radius 2 is 1.95 bits per heavy atom. The van der Waals surface area contributed by atoms with Crippen LogP contribution < -0.4 is 11.1 Å². The lowest BCUT2D eigenvalue weighted by Crippen LogP contribution is -2.12. The first-order valence-corrected chi connectivity index (χ1v) is 6.07. The van der Waals surface area contributed by atoms with Crippen molar-refractivity contribution in [2.75, 3.05) is 11.1 Å². The largest absolute Gasteiger partial charge is 0.397 e. The number of amides is 1. The predicted octanol–water partition coefficient (Wildman–Crippen LogP) is 3.14. The Bertz CT molecular complexity index is 795. The summed E-state index contributed by atoms with van der Waals surface area (Å²) in [5.41, 5.74) is 7.91. The number of fused-ring (bicyclic) bond motifs is 1. The third kappa shape index (κ3) is 2.21. The first-order chi connectivity index (χ1) is 9.63. The first-order valence-electron chi connectivity index (χ1n) is 6.07. The van der Waals surface area contributed by atoms with Crippen LogP contribution in [0.3, 0.4) is 0 Å². The van der Waals surface area contributed by atoms with E-state index in [0.717, 1.165) is 10.9 Å². The molecule has 20 heavy (non-hydrogen) atoms. The molecule has 1 amide bonds. The summed E-state index contributed by atoms with van der Waals surface area (Å²) >= 11 is 0. The molecule has 3 aromatic rings. The number of para-hydroxylation sites is 1. The Morgan fingerprint density at radius 1 is 1.15 bits per heavy atom. The van der Waals surface area contributed by atoms with Gasteiger partial charge in [0, 0.05) is 11.1 Å². The van der Waals surface area contributed by atoms with Crippen LogP contribution in [0.5, 0.6) is 0 Å². The Kier molecular flexibility index (Phi) is 2.87. The summed E-state index contributed by atoms with van der Waals surface area (Å²) < 4.78 is 13.1. The maximum absolute atomic E-state index is 13.1. The lowest BCUT2D eigenvalue weighted by Gasteiger charge is -2.03. The number of aromatic amines is 1. The Balaban J connectivity index is 1.91. The molecule has 1 heterocycles. The highest BCUT2D eigenvalue weighted by molar-refractivity contribution is 6.07. The summed E-state index contributed by atoms with van der Waals surface area (Å²) in [7, 11) is 0. The number of nitrogens with two attached hydrogens (primary N) is 1. The smallest absolute Gasteiger partial charge is 0.272 e. The van der Waals surface area contributed by atoms with E-state index in [9.17, 15) is 9.18 Å². The van der Waals surface area contributed by atoms with Gasteiger partial charge < -0.3 is 16.0 Å². The van der Waals surface area contributed by atoms with Crippen molar-refractivity contribution in [1.82, 2.24) is 4.98 Å². The summed E-state index contributed by atoms with van der Waals surface area (Å²) in [5.74, 6) is -0.741. The van der Waals surface area contributed by atoms with Crippen LogP contribution in [-0.4, -0.2) is 10.9 Å². The zero-order valence-corrected chi connectivity index (χ0v) is 10.5. The minimum atomic E-state index is -0.399. The molecule has 0 saturated heterocycles. The second kappa shape index (κ2) is 4.70. The molecule has 2 aromatic carbocycles. The number of hydrogen-bond donors (Lipinski definition) is 3. The Hall–Kier alpha value is -2.82. The number of carbonyl (C=O) groups is 1. The molecule has 0 saturated carbocycles. The van der Waals surface area contributed by atoms with Crippen LogP contribution in [0.2, 0.25) is 0 Å². The summed E-state index contributed by atoms with van der Waals surface area (Å²) in [4.78, 5) is 15.1. The van der Waals surface area contributed by atoms with E-state index >= 15 is 0 Å². The number of anilines is 2. The van der Waals surface area contributed by atoms with Crippen LogP contribution in [-0.2, 0) is 0 Å². The first kappa shape index (κ1) is 12.2. The molecule has 0 atom stereocenters. The average Bonchev–Trinajstić information content (AvgIpc) is 2.84. The van der Waals surface area contributed by atoms with E-state index in [1.165, 1.54) is 18.2 Å². The number of nitrogens with one attached hydrogen (secondary N) is 2. The molecule has 5 heteroatoms. The van der Waals surface area contributed by atoms with Gasteiger partial charge in [0.1, 0.15) is 11.5 Å². The molecule has 0 bridgehead atoms. The van der Waals surface area contributed by atoms with Crippen LogP contribution >= 0.6 is 0 Å². The number of halogens is 1. The van der Waals surface area contributed by atoms with Gasteiger partial charge in [0.05, 0.1) is 11.2 Å². The molecule has 4 N–H and O–H groups in total. The molecule has 3 rings (SSSR count). The number of rotatable bonds is 2. The monoisotopic (exact) mass is 269 g/mol. The molecule has 100 valence electrons. The molecule has 0 aliphatic rings. The molecule has 4 nitrogen and oxygen atoms in total. The summed E-state index contributed by atoms with van der Waals surface area (Å²) in [5, 5.41) is 3.48. The maximum Gasteiger partial charge on any atom is 0.272 e. The number of benzene rings is 2. The van der Waals surface area contributed by atoms with E-state index in [1.807, 2.05) is 12.1 Å². The molecule has 0 radical (unpaired) electrons. The Labute approximate surface area is 114 Å². The van der Waals surface area contributed by atoms with Gasteiger partial charge in [-0.1, -0.05) is 18.2 Å². The fraction of sp³-hybridized carbons (Fsp3) is 0. The van der Waals surface area contributed by atoms with E-state index in [1.54, 1.807) is 18.2 Å². The molecular formula is C15H12FN3O. The number of carbonyl (C=O) groups excluding carboxylic acids is 1. The van der Waals surface area contributed by atoms with E-state index in [2.05, 4.69) is 10.3 Å². The fourth-order valence-corrected chi connectivity index (χ4v) is 2.07. The van der Waals surface area contributed by atoms with Gasteiger partial charge >= 0.3 is 0 Å². The highest BCUT2D eigenvalue weighted by atomic mass is 19.1. The summed E-state index contributed by atoms with van der Waals surface area (Å²) in [6.07, 6.45) is 0. The SMILES string of the molecule is Nc1cccc2cc(C(=O)Nc3cccc(F)c3)[nH]c12. The van der Waals surface area contributed by atoms with Crippen molar-refractivity contribution in [2.45, 2.75) is 0 Å². The third-order valence-corrected chi connectivity index (χ3v) is 3.02. The minimum absolute atomic E-state index is 0.341. The second-order valence-corrected chi connectivity index (χ2v) is 4.46.